The van der Waals surface area contributed by atoms with Gasteiger partial charge in [0.25, 0.3) is 0 Å². The molecule has 2 aromatic heterocycles. The van der Waals surface area contributed by atoms with Crippen LogP contribution in [0.5, 0.6) is 0 Å². The van der Waals surface area contributed by atoms with Crippen molar-refractivity contribution in [2.24, 2.45) is 0 Å². The summed E-state index contributed by atoms with van der Waals surface area (Å²) in [5, 5.41) is 18.6. The molecule has 0 bridgehead atoms. The van der Waals surface area contributed by atoms with Gasteiger partial charge in [0.05, 0.1) is 0 Å². The number of hydrogen-bond donors (Lipinski definition) is 1. The van der Waals surface area contributed by atoms with Crippen LogP contribution in [0.1, 0.15) is 19.4 Å². The molecule has 0 fully saturated rings. The van der Waals surface area contributed by atoms with Crippen LogP contribution in [-0.2, 0) is 5.41 Å². The molecule has 0 radical (unpaired) electrons. The molecule has 0 saturated carbocycles. The van der Waals surface area contributed by atoms with Crippen LogP contribution in [0.15, 0.2) is 36.4 Å². The Balaban J connectivity index is 1.76. The van der Waals surface area contributed by atoms with Gasteiger partial charge in [-0.05, 0) is 40.3 Å². The van der Waals surface area contributed by atoms with Crippen LogP contribution >= 0.6 is 0 Å². The number of benzene rings is 1. The second-order valence-corrected chi connectivity index (χ2v) is 5.49. The molecule has 1 aromatic carbocycles. The molecule has 7 heteroatoms. The number of nitrogens with zero attached hydrogens (tertiary/aromatic N) is 5. The van der Waals surface area contributed by atoms with Crippen molar-refractivity contribution in [3.8, 4) is 0 Å². The van der Waals surface area contributed by atoms with Crippen LogP contribution in [-0.4, -0.2) is 31.8 Å². The van der Waals surface area contributed by atoms with Crippen molar-refractivity contribution in [1.29, 1.82) is 0 Å². The van der Waals surface area contributed by atoms with Crippen LogP contribution < -0.4 is 5.32 Å². The lowest BCUT2D eigenvalue weighted by Crippen LogP contribution is -2.28. The lowest BCUT2D eigenvalue weighted by atomic mass is 9.84. The van der Waals surface area contributed by atoms with E-state index in [9.17, 15) is 4.39 Å². The van der Waals surface area contributed by atoms with Gasteiger partial charge in [-0.3, -0.25) is 0 Å². The van der Waals surface area contributed by atoms with E-state index < -0.39 is 0 Å². The predicted octanol–water partition coefficient (Wildman–Crippen LogP) is 2.05. The third kappa shape index (κ3) is 2.81. The summed E-state index contributed by atoms with van der Waals surface area (Å²) in [6, 6.07) is 10.2. The minimum absolute atomic E-state index is 0.228. The monoisotopic (exact) mass is 286 g/mol. The van der Waals surface area contributed by atoms with Crippen molar-refractivity contribution in [2.75, 3.05) is 11.9 Å². The average molecular weight is 286 g/mol. The Morgan fingerprint density at radius 2 is 2.10 bits per heavy atom. The summed E-state index contributed by atoms with van der Waals surface area (Å²) in [4.78, 5) is 0. The lowest BCUT2D eigenvalue weighted by Gasteiger charge is -2.25. The molecule has 2 heterocycles. The third-order valence-electron chi connectivity index (χ3n) is 3.39. The maximum atomic E-state index is 13.3. The van der Waals surface area contributed by atoms with Gasteiger partial charge in [0.1, 0.15) is 11.6 Å². The van der Waals surface area contributed by atoms with E-state index in [0.717, 1.165) is 5.56 Å². The van der Waals surface area contributed by atoms with E-state index in [1.54, 1.807) is 18.2 Å². The number of fused-ring (bicyclic) bond motifs is 1. The minimum Gasteiger partial charge on any atom is -0.368 e. The first-order valence-corrected chi connectivity index (χ1v) is 6.60. The first kappa shape index (κ1) is 13.4. The molecule has 0 amide bonds. The molecule has 108 valence electrons. The minimum atomic E-state index is -0.237. The summed E-state index contributed by atoms with van der Waals surface area (Å²) in [5.41, 5.74) is 1.28. The lowest BCUT2D eigenvalue weighted by molar-refractivity contribution is 0.544. The van der Waals surface area contributed by atoms with Crippen molar-refractivity contribution < 1.29 is 4.39 Å². The molecule has 1 N–H and O–H groups in total. The largest absolute Gasteiger partial charge is 0.368 e. The summed E-state index contributed by atoms with van der Waals surface area (Å²) < 4.78 is 14.7. The van der Waals surface area contributed by atoms with Crippen molar-refractivity contribution >= 4 is 11.5 Å². The SMILES string of the molecule is CC(C)(CNc1ccc2nnnn2n1)c1cccc(F)c1. The number of tetrazole rings is 1. The Kier molecular flexibility index (Phi) is 3.25. The fourth-order valence-corrected chi connectivity index (χ4v) is 2.07. The zero-order chi connectivity index (χ0) is 14.9. The zero-order valence-corrected chi connectivity index (χ0v) is 11.8. The van der Waals surface area contributed by atoms with Crippen LogP contribution in [0.2, 0.25) is 0 Å². The van der Waals surface area contributed by atoms with E-state index in [2.05, 4.69) is 25.9 Å². The van der Waals surface area contributed by atoms with Crippen LogP contribution in [0.4, 0.5) is 10.2 Å². The van der Waals surface area contributed by atoms with Gasteiger partial charge in [-0.25, -0.2) is 4.39 Å². The van der Waals surface area contributed by atoms with Gasteiger partial charge in [-0.15, -0.1) is 14.8 Å². The standard InChI is InChI=1S/C14H15FN6/c1-14(2,10-4-3-5-11(15)8-10)9-16-12-6-7-13-17-19-20-21(13)18-12/h3-8H,9H2,1-2H3,(H,16,18). The Morgan fingerprint density at radius 3 is 2.90 bits per heavy atom. The molecule has 3 rings (SSSR count). The van der Waals surface area contributed by atoms with E-state index in [1.165, 1.54) is 10.7 Å². The van der Waals surface area contributed by atoms with Gasteiger partial charge >= 0.3 is 0 Å². The van der Waals surface area contributed by atoms with Crippen molar-refractivity contribution in [3.05, 3.63) is 47.8 Å². The summed E-state index contributed by atoms with van der Waals surface area (Å²) in [5.74, 6) is 0.438. The van der Waals surface area contributed by atoms with Crippen LogP contribution in [0, 0.1) is 5.82 Å². The Morgan fingerprint density at radius 1 is 1.24 bits per heavy atom. The molecular weight excluding hydrogens is 271 g/mol. The molecule has 0 aliphatic carbocycles. The molecule has 6 nitrogen and oxygen atoms in total. The Bertz CT molecular complexity index is 767. The summed E-state index contributed by atoms with van der Waals surface area (Å²) >= 11 is 0. The smallest absolute Gasteiger partial charge is 0.200 e. The van der Waals surface area contributed by atoms with Crippen molar-refractivity contribution in [3.63, 3.8) is 0 Å². The highest BCUT2D eigenvalue weighted by atomic mass is 19.1. The van der Waals surface area contributed by atoms with Gasteiger partial charge in [0.15, 0.2) is 5.65 Å². The number of aromatic nitrogens is 5. The number of nitrogens with one attached hydrogen (secondary N) is 1. The van der Waals surface area contributed by atoms with Gasteiger partial charge < -0.3 is 5.32 Å². The maximum absolute atomic E-state index is 13.3. The molecule has 0 aliphatic heterocycles. The van der Waals surface area contributed by atoms with Gasteiger partial charge in [0, 0.05) is 12.0 Å². The third-order valence-corrected chi connectivity index (χ3v) is 3.39. The topological polar surface area (TPSA) is 68.0 Å². The Labute approximate surface area is 121 Å². The quantitative estimate of drug-likeness (QED) is 0.795. The predicted molar refractivity (Wildman–Crippen MR) is 76.5 cm³/mol. The van der Waals surface area contributed by atoms with Gasteiger partial charge in [-0.1, -0.05) is 26.0 Å². The molecule has 0 spiro atoms. The average Bonchev–Trinajstić information content (AvgIpc) is 2.93. The second kappa shape index (κ2) is 5.08. The fraction of sp³-hybridized carbons (Fsp3) is 0.286. The van der Waals surface area contributed by atoms with Gasteiger partial charge in [-0.2, -0.15) is 0 Å². The van der Waals surface area contributed by atoms with E-state index in [1.807, 2.05) is 26.0 Å². The van der Waals surface area contributed by atoms with E-state index >= 15 is 0 Å². The number of anilines is 1. The van der Waals surface area contributed by atoms with Crippen molar-refractivity contribution in [1.82, 2.24) is 25.3 Å². The maximum Gasteiger partial charge on any atom is 0.200 e. The van der Waals surface area contributed by atoms with E-state index in [-0.39, 0.29) is 11.2 Å². The molecule has 3 aromatic rings. The molecular formula is C14H15FN6. The molecule has 0 aliphatic rings. The van der Waals surface area contributed by atoms with Crippen LogP contribution in [0.25, 0.3) is 5.65 Å². The van der Waals surface area contributed by atoms with Crippen molar-refractivity contribution in [2.45, 2.75) is 19.3 Å². The van der Waals surface area contributed by atoms with E-state index in [4.69, 9.17) is 0 Å². The molecule has 0 unspecified atom stereocenters. The first-order chi connectivity index (χ1) is 10.0. The number of halogens is 1. The summed E-state index contributed by atoms with van der Waals surface area (Å²) in [6.45, 7) is 4.70. The number of rotatable bonds is 4. The normalized spacial score (nSPS) is 11.8. The first-order valence-electron chi connectivity index (χ1n) is 6.60. The highest BCUT2D eigenvalue weighted by Crippen LogP contribution is 2.24. The highest BCUT2D eigenvalue weighted by Gasteiger charge is 2.21. The fourth-order valence-electron chi connectivity index (χ4n) is 2.07. The van der Waals surface area contributed by atoms with E-state index in [0.29, 0.717) is 18.0 Å². The number of hydrogen-bond acceptors (Lipinski definition) is 5. The molecule has 0 atom stereocenters. The van der Waals surface area contributed by atoms with Gasteiger partial charge in [0.2, 0.25) is 0 Å². The second-order valence-electron chi connectivity index (χ2n) is 5.49. The Hall–Kier alpha value is -2.57. The zero-order valence-electron chi connectivity index (χ0n) is 11.8. The highest BCUT2D eigenvalue weighted by molar-refractivity contribution is 5.42. The molecule has 0 saturated heterocycles. The summed E-state index contributed by atoms with van der Waals surface area (Å²) in [7, 11) is 0. The van der Waals surface area contributed by atoms with Crippen LogP contribution in [0.3, 0.4) is 0 Å². The summed E-state index contributed by atoms with van der Waals surface area (Å²) in [6.07, 6.45) is 0. The molecule has 21 heavy (non-hydrogen) atoms.